The van der Waals surface area contributed by atoms with Gasteiger partial charge in [-0.25, -0.2) is 4.79 Å². The summed E-state index contributed by atoms with van der Waals surface area (Å²) in [5.74, 6) is -1.65. The minimum absolute atomic E-state index is 0.138. The largest absolute Gasteiger partial charge is 0.458 e. The van der Waals surface area contributed by atoms with Crippen molar-refractivity contribution >= 4 is 5.97 Å². The van der Waals surface area contributed by atoms with Crippen LogP contribution in [0.15, 0.2) is 39.3 Å². The maximum atomic E-state index is 12.8. The van der Waals surface area contributed by atoms with Gasteiger partial charge < -0.3 is 54.4 Å². The van der Waals surface area contributed by atoms with E-state index in [1.54, 1.807) is 19.1 Å². The summed E-state index contributed by atoms with van der Waals surface area (Å²) in [5, 5.41) is 77.7. The number of hydrogen-bond donors (Lipinski definition) is 7. The zero-order chi connectivity index (χ0) is 32.7. The lowest BCUT2D eigenvalue weighted by molar-refractivity contribution is -0.315. The molecule has 250 valence electrons. The molecule has 14 atom stereocenters. The third-order valence-electron chi connectivity index (χ3n) is 12.0. The smallest absolute Gasteiger partial charge is 0.335 e. The van der Waals surface area contributed by atoms with Crippen LogP contribution in [0.25, 0.3) is 0 Å². The van der Waals surface area contributed by atoms with Gasteiger partial charge in [-0.1, -0.05) is 19.9 Å². The van der Waals surface area contributed by atoms with Gasteiger partial charge in [0.25, 0.3) is 0 Å². The van der Waals surface area contributed by atoms with Crippen molar-refractivity contribution in [3.63, 3.8) is 0 Å². The second-order valence-corrected chi connectivity index (χ2v) is 14.1. The number of hydrogen-bond acceptors (Lipinski definition) is 13. The summed E-state index contributed by atoms with van der Waals surface area (Å²) >= 11 is 0. The lowest BCUT2D eigenvalue weighted by Gasteiger charge is -2.67. The summed E-state index contributed by atoms with van der Waals surface area (Å²) in [6.07, 6.45) is -5.52. The van der Waals surface area contributed by atoms with Crippen molar-refractivity contribution in [3.8, 4) is 0 Å². The molecule has 0 aromatic carbocycles. The maximum Gasteiger partial charge on any atom is 0.335 e. The van der Waals surface area contributed by atoms with Crippen LogP contribution in [0.1, 0.15) is 70.8 Å². The molecule has 1 aromatic heterocycles. The molecule has 0 radical (unpaired) electrons. The zero-order valence-corrected chi connectivity index (χ0v) is 25.6. The Kier molecular flexibility index (Phi) is 8.15. The molecule has 2 heterocycles. The van der Waals surface area contributed by atoms with E-state index in [4.69, 9.17) is 18.6 Å². The molecule has 6 rings (SSSR count). The second-order valence-electron chi connectivity index (χ2n) is 14.1. The van der Waals surface area contributed by atoms with E-state index in [-0.39, 0.29) is 19.3 Å². The average molecular weight is 637 g/mol. The Hall–Kier alpha value is -2.20. The summed E-state index contributed by atoms with van der Waals surface area (Å²) in [6.45, 7) is 4.34. The minimum Gasteiger partial charge on any atom is -0.458 e. The summed E-state index contributed by atoms with van der Waals surface area (Å²) in [5.41, 5.74) is -4.87. The van der Waals surface area contributed by atoms with Crippen LogP contribution < -0.4 is 5.63 Å². The number of ether oxygens (including phenoxy) is 3. The van der Waals surface area contributed by atoms with E-state index in [1.165, 1.54) is 19.3 Å². The molecule has 0 amide bonds. The molecule has 13 nitrogen and oxygen atoms in total. The Morgan fingerprint density at radius 1 is 1.04 bits per heavy atom. The molecule has 4 aliphatic carbocycles. The van der Waals surface area contributed by atoms with Crippen LogP contribution in [0.3, 0.4) is 0 Å². The van der Waals surface area contributed by atoms with Gasteiger partial charge >= 0.3 is 11.6 Å². The van der Waals surface area contributed by atoms with Crippen molar-refractivity contribution in [3.05, 3.63) is 46.0 Å². The van der Waals surface area contributed by atoms with Gasteiger partial charge in [-0.2, -0.15) is 0 Å². The number of aliphatic hydroxyl groups is 7. The van der Waals surface area contributed by atoms with E-state index < -0.39 is 101 Å². The Morgan fingerprint density at radius 2 is 1.78 bits per heavy atom. The highest BCUT2D eigenvalue weighted by atomic mass is 16.7. The molecule has 45 heavy (non-hydrogen) atoms. The molecule has 4 fully saturated rings. The molecule has 1 aromatic rings. The standard InChI is InChI=1S/C32H44O13/c1-15(34)43-20-12-31(40)22(11-23(35)30(3)18(7-9-32(30,31)41)16-4-5-24(36)42-14-16)29(2)8-6-17(10-19(20)29)44-28-27(39)26(38)25(37)21(13-33)45-28/h4-5,10,14,17-18,20-23,25-28,33,35,37-41H,6-9,11-13H2,1-3H3/t17-,18+,20+,21+,22+,23+,25+,26-,27+,28+,29-,30-,31-,32+/m0/s1. The molecule has 5 aliphatic rings. The highest BCUT2D eigenvalue weighted by molar-refractivity contribution is 5.66. The van der Waals surface area contributed by atoms with Crippen molar-refractivity contribution in [2.45, 2.75) is 125 Å². The van der Waals surface area contributed by atoms with Gasteiger partial charge in [0.1, 0.15) is 41.7 Å². The third kappa shape index (κ3) is 4.69. The Bertz CT molecular complexity index is 1370. The van der Waals surface area contributed by atoms with Crippen LogP contribution >= 0.6 is 0 Å². The lowest BCUT2D eigenvalue weighted by atomic mass is 9.41. The van der Waals surface area contributed by atoms with Crippen molar-refractivity contribution in [2.75, 3.05) is 6.61 Å². The van der Waals surface area contributed by atoms with Crippen LogP contribution in [0.5, 0.6) is 0 Å². The van der Waals surface area contributed by atoms with Crippen LogP contribution in [-0.4, -0.2) is 109 Å². The van der Waals surface area contributed by atoms with Gasteiger partial charge in [-0.05, 0) is 60.6 Å². The molecule has 1 saturated heterocycles. The summed E-state index contributed by atoms with van der Waals surface area (Å²) in [6, 6.07) is 2.92. The van der Waals surface area contributed by atoms with Gasteiger partial charge in [-0.3, -0.25) is 4.79 Å². The summed E-state index contributed by atoms with van der Waals surface area (Å²) in [7, 11) is 0. The number of esters is 1. The van der Waals surface area contributed by atoms with E-state index in [9.17, 15) is 45.3 Å². The molecule has 7 N–H and O–H groups in total. The number of fused-ring (bicyclic) bond motifs is 5. The van der Waals surface area contributed by atoms with Crippen LogP contribution in [0.4, 0.5) is 0 Å². The maximum absolute atomic E-state index is 12.8. The average Bonchev–Trinajstić information content (AvgIpc) is 3.28. The van der Waals surface area contributed by atoms with Crippen molar-refractivity contribution < 1.29 is 59.2 Å². The molecule has 13 heteroatoms. The van der Waals surface area contributed by atoms with E-state index in [1.807, 2.05) is 6.92 Å². The quantitative estimate of drug-likeness (QED) is 0.162. The minimum atomic E-state index is -1.79. The van der Waals surface area contributed by atoms with Gasteiger partial charge in [0.2, 0.25) is 0 Å². The predicted octanol–water partition coefficient (Wildman–Crippen LogP) is -0.386. The second kappa shape index (κ2) is 11.2. The zero-order valence-electron chi connectivity index (χ0n) is 25.6. The van der Waals surface area contributed by atoms with E-state index >= 15 is 0 Å². The van der Waals surface area contributed by atoms with E-state index in [0.717, 1.165) is 0 Å². The SMILES string of the molecule is CC(=O)O[C@@H]1C[C@]2(O)[C@H](C[C@@H](O)[C@]3(C)[C@@H](c4ccc(=O)oc4)CC[C@@]32O)[C@@]2(C)CC[C@H](O[C@@H]3O[C@H](CO)[C@@H](O)[C@H](O)[C@H]3O)C=C12. The molecule has 0 spiro atoms. The number of rotatable bonds is 5. The van der Waals surface area contributed by atoms with Crippen molar-refractivity contribution in [2.24, 2.45) is 16.7 Å². The van der Waals surface area contributed by atoms with Crippen LogP contribution in [0, 0.1) is 16.7 Å². The molecule has 3 saturated carbocycles. The molecule has 1 aliphatic heterocycles. The molecule has 0 unspecified atom stereocenters. The highest BCUT2D eigenvalue weighted by Crippen LogP contribution is 2.71. The Morgan fingerprint density at radius 3 is 2.42 bits per heavy atom. The Balaban J connectivity index is 1.36. The number of aliphatic hydroxyl groups excluding tert-OH is 5. The first-order valence-corrected chi connectivity index (χ1v) is 15.7. The third-order valence-corrected chi connectivity index (χ3v) is 12.0. The van der Waals surface area contributed by atoms with Crippen molar-refractivity contribution in [1.29, 1.82) is 0 Å². The molecular formula is C32H44O13. The topological polar surface area (TPSA) is 217 Å². The predicted molar refractivity (Wildman–Crippen MR) is 153 cm³/mol. The highest BCUT2D eigenvalue weighted by Gasteiger charge is 2.77. The monoisotopic (exact) mass is 636 g/mol. The van der Waals surface area contributed by atoms with Gasteiger partial charge in [0, 0.05) is 30.7 Å². The first kappa shape index (κ1) is 32.7. The van der Waals surface area contributed by atoms with Crippen LogP contribution in [0.2, 0.25) is 0 Å². The number of carbonyl (C=O) groups excluding carboxylic acids is 1. The summed E-state index contributed by atoms with van der Waals surface area (Å²) in [4.78, 5) is 24.0. The van der Waals surface area contributed by atoms with Gasteiger partial charge in [0.15, 0.2) is 6.29 Å². The fraction of sp³-hybridized carbons (Fsp3) is 0.750. The fourth-order valence-electron chi connectivity index (χ4n) is 9.60. The molecule has 0 bridgehead atoms. The van der Waals surface area contributed by atoms with Gasteiger partial charge in [-0.15, -0.1) is 0 Å². The first-order valence-electron chi connectivity index (χ1n) is 15.7. The first-order chi connectivity index (χ1) is 21.1. The summed E-state index contributed by atoms with van der Waals surface area (Å²) < 4.78 is 22.5. The fourth-order valence-corrected chi connectivity index (χ4v) is 9.60. The number of carbonyl (C=O) groups is 1. The molecular weight excluding hydrogens is 592 g/mol. The Labute approximate surface area is 260 Å². The lowest BCUT2D eigenvalue weighted by Crippen LogP contribution is -2.76. The normalized spacial score (nSPS) is 49.3. The van der Waals surface area contributed by atoms with Crippen molar-refractivity contribution in [1.82, 2.24) is 0 Å². The van der Waals surface area contributed by atoms with Crippen LogP contribution in [-0.2, 0) is 19.0 Å². The van der Waals surface area contributed by atoms with E-state index in [0.29, 0.717) is 30.4 Å². The van der Waals surface area contributed by atoms with E-state index in [2.05, 4.69) is 0 Å². The van der Waals surface area contributed by atoms with Gasteiger partial charge in [0.05, 0.1) is 25.1 Å².